The number of nitrogens with zero attached hydrogens (tertiary/aromatic N) is 1. The third-order valence-electron chi connectivity index (χ3n) is 8.42. The second-order valence-electron chi connectivity index (χ2n) is 10.3. The molecule has 2 aromatic carbocycles. The van der Waals surface area contributed by atoms with E-state index in [1.54, 1.807) is 12.1 Å². The van der Waals surface area contributed by atoms with E-state index in [9.17, 15) is 19.2 Å². The minimum atomic E-state index is -0.740. The summed E-state index contributed by atoms with van der Waals surface area (Å²) >= 11 is 0. The summed E-state index contributed by atoms with van der Waals surface area (Å²) < 4.78 is 0. The van der Waals surface area contributed by atoms with Gasteiger partial charge >= 0.3 is 0 Å². The molecule has 1 saturated carbocycles. The number of hydrogen-bond donors (Lipinski definition) is 2. The highest BCUT2D eigenvalue weighted by Gasteiger charge is 2.47. The molecule has 2 heterocycles. The Morgan fingerprint density at radius 2 is 1.75 bits per heavy atom. The lowest BCUT2D eigenvalue weighted by molar-refractivity contribution is -0.138. The van der Waals surface area contributed by atoms with Crippen molar-refractivity contribution in [1.29, 1.82) is 0 Å². The smallest absolute Gasteiger partial charge is 0.254 e. The fourth-order valence-electron chi connectivity index (χ4n) is 6.38. The predicted octanol–water partition coefficient (Wildman–Crippen LogP) is 4.18. The van der Waals surface area contributed by atoms with E-state index in [4.69, 9.17) is 0 Å². The Labute approximate surface area is 211 Å². The zero-order valence-electron chi connectivity index (χ0n) is 20.7. The maximum atomic E-state index is 13.5. The van der Waals surface area contributed by atoms with Crippen molar-refractivity contribution in [2.45, 2.75) is 75.8 Å². The van der Waals surface area contributed by atoms with Crippen LogP contribution in [0.25, 0.3) is 0 Å². The van der Waals surface area contributed by atoms with Gasteiger partial charge < -0.3 is 10.2 Å². The Kier molecular flexibility index (Phi) is 6.65. The summed E-state index contributed by atoms with van der Waals surface area (Å²) in [6.45, 7) is 1.95. The van der Waals surface area contributed by atoms with Crippen LogP contribution >= 0.6 is 0 Å². The van der Waals surface area contributed by atoms with Crippen LogP contribution in [0, 0.1) is 5.92 Å². The van der Waals surface area contributed by atoms with Crippen LogP contribution in [-0.4, -0.2) is 40.6 Å². The van der Waals surface area contributed by atoms with E-state index in [-0.39, 0.29) is 29.7 Å². The molecule has 1 aliphatic carbocycles. The van der Waals surface area contributed by atoms with Gasteiger partial charge in [-0.2, -0.15) is 0 Å². The third-order valence-corrected chi connectivity index (χ3v) is 8.42. The largest absolute Gasteiger partial charge is 0.324 e. The van der Waals surface area contributed by atoms with Gasteiger partial charge in [0.25, 0.3) is 5.91 Å². The standard InChI is InChI=1S/C29H33N3O4/c1-2-29(17-16-25(33)31-28(29)36)21-12-14-22(15-13-21)30-26(34)24-18-20-10-6-7-11-23(20)32(24)27(35)19-8-4-3-5-9-19/h3-5,8-9,12-15,20,23-24H,2,6-7,10-11,16-18H2,1H3,(H,30,34)(H,31,33,36). The zero-order valence-corrected chi connectivity index (χ0v) is 20.7. The fourth-order valence-corrected chi connectivity index (χ4v) is 6.38. The van der Waals surface area contributed by atoms with Crippen molar-refractivity contribution in [3.63, 3.8) is 0 Å². The van der Waals surface area contributed by atoms with Crippen LogP contribution in [-0.2, 0) is 19.8 Å². The normalized spacial score (nSPS) is 27.8. The second kappa shape index (κ2) is 9.88. The summed E-state index contributed by atoms with van der Waals surface area (Å²) in [6.07, 6.45) is 6.25. The number of amides is 4. The van der Waals surface area contributed by atoms with Gasteiger partial charge in [0.2, 0.25) is 17.7 Å². The van der Waals surface area contributed by atoms with Crippen LogP contribution in [0.4, 0.5) is 5.69 Å². The lowest BCUT2D eigenvalue weighted by Gasteiger charge is -2.35. The molecule has 0 bridgehead atoms. The monoisotopic (exact) mass is 487 g/mol. The van der Waals surface area contributed by atoms with E-state index in [0.29, 0.717) is 42.9 Å². The van der Waals surface area contributed by atoms with E-state index < -0.39 is 11.5 Å². The highest BCUT2D eigenvalue weighted by atomic mass is 16.2. The number of imide groups is 1. The maximum absolute atomic E-state index is 13.5. The second-order valence-corrected chi connectivity index (χ2v) is 10.3. The van der Waals surface area contributed by atoms with Crippen molar-refractivity contribution < 1.29 is 19.2 Å². The van der Waals surface area contributed by atoms with Crippen LogP contribution in [0.15, 0.2) is 54.6 Å². The molecule has 7 nitrogen and oxygen atoms in total. The topological polar surface area (TPSA) is 95.6 Å². The summed E-state index contributed by atoms with van der Waals surface area (Å²) in [7, 11) is 0. The molecule has 0 radical (unpaired) electrons. The summed E-state index contributed by atoms with van der Waals surface area (Å²) in [5, 5.41) is 5.49. The van der Waals surface area contributed by atoms with Gasteiger partial charge in [0, 0.05) is 23.7 Å². The molecule has 7 heteroatoms. The summed E-state index contributed by atoms with van der Waals surface area (Å²) in [6, 6.07) is 16.1. The molecular weight excluding hydrogens is 454 g/mol. The molecule has 4 amide bonds. The quantitative estimate of drug-likeness (QED) is 0.619. The number of benzene rings is 2. The number of carbonyl (C=O) groups excluding carboxylic acids is 4. The minimum Gasteiger partial charge on any atom is -0.324 e. The maximum Gasteiger partial charge on any atom is 0.254 e. The molecule has 0 spiro atoms. The van der Waals surface area contributed by atoms with Crippen molar-refractivity contribution in [3.05, 3.63) is 65.7 Å². The number of fused-ring (bicyclic) bond motifs is 1. The molecule has 188 valence electrons. The van der Waals surface area contributed by atoms with E-state index >= 15 is 0 Å². The highest BCUT2D eigenvalue weighted by Crippen LogP contribution is 2.41. The molecule has 2 aliphatic heterocycles. The molecule has 36 heavy (non-hydrogen) atoms. The van der Waals surface area contributed by atoms with Crippen LogP contribution in [0.1, 0.15) is 74.2 Å². The van der Waals surface area contributed by atoms with E-state index in [1.165, 1.54) is 0 Å². The molecule has 2 aromatic rings. The number of nitrogens with one attached hydrogen (secondary N) is 2. The van der Waals surface area contributed by atoms with Crippen molar-refractivity contribution in [2.75, 3.05) is 5.32 Å². The number of hydrogen-bond acceptors (Lipinski definition) is 4. The van der Waals surface area contributed by atoms with Gasteiger partial charge in [0.15, 0.2) is 0 Å². The Bertz CT molecular complexity index is 1160. The fraction of sp³-hybridized carbons (Fsp3) is 0.448. The van der Waals surface area contributed by atoms with Gasteiger partial charge in [-0.25, -0.2) is 0 Å². The Morgan fingerprint density at radius 3 is 2.44 bits per heavy atom. The van der Waals surface area contributed by atoms with Gasteiger partial charge in [-0.1, -0.05) is 50.1 Å². The minimum absolute atomic E-state index is 0.0803. The van der Waals surface area contributed by atoms with Gasteiger partial charge in [-0.05, 0) is 67.9 Å². The van der Waals surface area contributed by atoms with Crippen molar-refractivity contribution >= 4 is 29.3 Å². The van der Waals surface area contributed by atoms with E-state index in [0.717, 1.165) is 31.2 Å². The van der Waals surface area contributed by atoms with E-state index in [1.807, 2.05) is 54.3 Å². The number of piperidine rings is 1. The SMILES string of the molecule is CCC1(c2ccc(NC(=O)C3CC4CCCCC4N3C(=O)c3ccccc3)cc2)CCC(=O)NC1=O. The number of likely N-dealkylation sites (tertiary alicyclic amines) is 1. The van der Waals surface area contributed by atoms with Crippen LogP contribution < -0.4 is 10.6 Å². The van der Waals surface area contributed by atoms with Crippen molar-refractivity contribution in [3.8, 4) is 0 Å². The Balaban J connectivity index is 1.35. The molecular formula is C29H33N3O4. The molecule has 4 unspecified atom stereocenters. The summed E-state index contributed by atoms with van der Waals surface area (Å²) in [5.41, 5.74) is 1.33. The van der Waals surface area contributed by atoms with Crippen LogP contribution in [0.2, 0.25) is 0 Å². The summed E-state index contributed by atoms with van der Waals surface area (Å²) in [4.78, 5) is 53.2. The highest BCUT2D eigenvalue weighted by molar-refractivity contribution is 6.04. The Morgan fingerprint density at radius 1 is 1.03 bits per heavy atom. The van der Waals surface area contributed by atoms with Crippen LogP contribution in [0.5, 0.6) is 0 Å². The molecule has 0 aromatic heterocycles. The number of rotatable bonds is 5. The van der Waals surface area contributed by atoms with Crippen molar-refractivity contribution in [2.24, 2.45) is 5.92 Å². The number of anilines is 1. The molecule has 2 N–H and O–H groups in total. The zero-order chi connectivity index (χ0) is 25.3. The molecule has 4 atom stereocenters. The predicted molar refractivity (Wildman–Crippen MR) is 136 cm³/mol. The van der Waals surface area contributed by atoms with Gasteiger partial charge in [0.05, 0.1) is 5.41 Å². The lowest BCUT2D eigenvalue weighted by Crippen LogP contribution is -2.51. The summed E-state index contributed by atoms with van der Waals surface area (Å²) in [5.74, 6) is -0.404. The average molecular weight is 488 g/mol. The van der Waals surface area contributed by atoms with Gasteiger partial charge in [-0.15, -0.1) is 0 Å². The first-order valence-electron chi connectivity index (χ1n) is 13.1. The Hall–Kier alpha value is -3.48. The van der Waals surface area contributed by atoms with Gasteiger partial charge in [0.1, 0.15) is 6.04 Å². The number of carbonyl (C=O) groups is 4. The first kappa shape index (κ1) is 24.2. The first-order chi connectivity index (χ1) is 17.4. The average Bonchev–Trinajstić information content (AvgIpc) is 3.30. The van der Waals surface area contributed by atoms with Gasteiger partial charge in [-0.3, -0.25) is 24.5 Å². The molecule has 3 fully saturated rings. The van der Waals surface area contributed by atoms with Crippen molar-refractivity contribution in [1.82, 2.24) is 10.2 Å². The third kappa shape index (κ3) is 4.31. The molecule has 5 rings (SSSR count). The molecule has 3 aliphatic rings. The van der Waals surface area contributed by atoms with Crippen LogP contribution in [0.3, 0.4) is 0 Å². The lowest BCUT2D eigenvalue weighted by atomic mass is 9.72. The molecule has 2 saturated heterocycles. The first-order valence-corrected chi connectivity index (χ1v) is 13.1. The van der Waals surface area contributed by atoms with E-state index in [2.05, 4.69) is 10.6 Å².